The van der Waals surface area contributed by atoms with Gasteiger partial charge in [0.25, 0.3) is 17.3 Å². The molecule has 3 aromatic carbocycles. The second kappa shape index (κ2) is 22.9. The van der Waals surface area contributed by atoms with E-state index in [0.717, 1.165) is 48.1 Å². The lowest BCUT2D eigenvalue weighted by atomic mass is 10.0. The van der Waals surface area contributed by atoms with Crippen molar-refractivity contribution in [2.24, 2.45) is 12.8 Å². The maximum Gasteiger partial charge on any atom is 0.396 e. The Morgan fingerprint density at radius 3 is 2.48 bits per heavy atom. The van der Waals surface area contributed by atoms with E-state index in [9.17, 15) is 57.5 Å². The third kappa shape index (κ3) is 12.3. The van der Waals surface area contributed by atoms with E-state index in [1.165, 1.54) is 50.1 Å². The summed E-state index contributed by atoms with van der Waals surface area (Å²) in [4.78, 5) is 139. The van der Waals surface area contributed by atoms with Crippen LogP contribution in [0.15, 0.2) is 77.2 Å². The number of rotatable bonds is 19. The van der Waals surface area contributed by atoms with Crippen LogP contribution < -0.4 is 32.1 Å². The normalized spacial score (nSPS) is 18.5. The fourth-order valence-electron chi connectivity index (χ4n) is 9.76. The first-order valence-corrected chi connectivity index (χ1v) is 27.2. The zero-order chi connectivity index (χ0) is 53.9. The second-order valence-electron chi connectivity index (χ2n) is 18.9. The Labute approximate surface area is 438 Å². The number of aryl methyl sites for hydroxylation is 3. The SMILES string of the molecule is CC(=O)N1CCC2=CC[C@@H](C(=O)N[C@@H](CCC(N)=O)COc3cccc(CCCCCc4ccc5c(c4)n(C)c(=O)n5C4CCC(=O)NC4=O)c3Cl)N2C(=O)[C@@H](NC(=O)c2cc3cc(C(=O)P(=O)(O)O)ccc3s2)C1. The number of primary amides is 1. The van der Waals surface area contributed by atoms with Gasteiger partial charge in [-0.3, -0.25) is 57.4 Å². The van der Waals surface area contributed by atoms with Crippen LogP contribution in [0.1, 0.15) is 102 Å². The van der Waals surface area contributed by atoms with Crippen molar-refractivity contribution >= 4 is 98.5 Å². The third-order valence-corrected chi connectivity index (χ3v) is 16.1. The van der Waals surface area contributed by atoms with E-state index in [1.807, 2.05) is 30.3 Å². The molecule has 3 aliphatic heterocycles. The molecular formula is C51H56ClN8O13PS. The summed E-state index contributed by atoms with van der Waals surface area (Å²) in [5.41, 5.74) is 7.28. The minimum atomic E-state index is -5.07. The fraction of sp³-hybridized carbons (Fsp3) is 0.392. The van der Waals surface area contributed by atoms with Crippen LogP contribution >= 0.6 is 30.5 Å². The van der Waals surface area contributed by atoms with Gasteiger partial charge >= 0.3 is 13.3 Å². The molecule has 0 bridgehead atoms. The van der Waals surface area contributed by atoms with Gasteiger partial charge in [-0.1, -0.05) is 42.3 Å². The summed E-state index contributed by atoms with van der Waals surface area (Å²) in [5.74, 6) is -3.30. The van der Waals surface area contributed by atoms with E-state index >= 15 is 0 Å². The molecular weight excluding hydrogens is 1030 g/mol. The lowest BCUT2D eigenvalue weighted by Gasteiger charge is -2.37. The number of ether oxygens (including phenoxy) is 1. The van der Waals surface area contributed by atoms with Crippen LogP contribution in [0.3, 0.4) is 0 Å². The van der Waals surface area contributed by atoms with E-state index < -0.39 is 66.8 Å². The first-order valence-electron chi connectivity index (χ1n) is 24.4. The number of fused-ring (bicyclic) bond motifs is 3. The number of nitrogens with two attached hydrogens (primary N) is 1. The number of hydrogen-bond acceptors (Lipinski definition) is 12. The number of thiophene rings is 1. The molecule has 2 saturated heterocycles. The molecule has 24 heteroatoms. The van der Waals surface area contributed by atoms with E-state index in [-0.39, 0.29) is 86.2 Å². The van der Waals surface area contributed by atoms with Crippen LogP contribution in [0.4, 0.5) is 0 Å². The van der Waals surface area contributed by atoms with Crippen molar-refractivity contribution in [1.82, 2.24) is 34.9 Å². The number of nitrogens with zero attached hydrogens (tertiary/aromatic N) is 4. The molecule has 4 atom stereocenters. The van der Waals surface area contributed by atoms with Crippen molar-refractivity contribution in [1.29, 1.82) is 0 Å². The molecule has 2 aromatic heterocycles. The Bertz CT molecular complexity index is 3290. The Morgan fingerprint density at radius 1 is 0.973 bits per heavy atom. The quantitative estimate of drug-likeness (QED) is 0.0386. The molecule has 2 fully saturated rings. The van der Waals surface area contributed by atoms with Crippen LogP contribution in [0.5, 0.6) is 5.75 Å². The number of carbonyl (C=O) groups is 8. The van der Waals surface area contributed by atoms with Crippen molar-refractivity contribution in [3.63, 3.8) is 0 Å². The Morgan fingerprint density at radius 2 is 1.75 bits per heavy atom. The van der Waals surface area contributed by atoms with Gasteiger partial charge in [0.1, 0.15) is 30.5 Å². The van der Waals surface area contributed by atoms with Gasteiger partial charge in [-0.15, -0.1) is 11.3 Å². The molecule has 8 rings (SSSR count). The van der Waals surface area contributed by atoms with Crippen LogP contribution in [0.25, 0.3) is 21.1 Å². The van der Waals surface area contributed by atoms with Crippen LogP contribution in [-0.2, 0) is 53.2 Å². The highest BCUT2D eigenvalue weighted by Crippen LogP contribution is 2.40. The molecule has 7 amide bonds. The first kappa shape index (κ1) is 54.3. The molecule has 7 N–H and O–H groups in total. The number of aromatic nitrogens is 2. The van der Waals surface area contributed by atoms with Crippen molar-refractivity contribution in [2.45, 2.75) is 102 Å². The molecule has 75 heavy (non-hydrogen) atoms. The van der Waals surface area contributed by atoms with E-state index in [1.54, 1.807) is 19.2 Å². The molecule has 3 aliphatic rings. The average molecular weight is 1090 g/mol. The van der Waals surface area contributed by atoms with Crippen molar-refractivity contribution in [2.75, 3.05) is 19.7 Å². The second-order valence-corrected chi connectivity index (χ2v) is 21.9. The minimum Gasteiger partial charge on any atom is -0.490 e. The van der Waals surface area contributed by atoms with Gasteiger partial charge in [0.15, 0.2) is 0 Å². The van der Waals surface area contributed by atoms with Gasteiger partial charge in [0, 0.05) is 62.3 Å². The zero-order valence-electron chi connectivity index (χ0n) is 41.0. The number of imide groups is 1. The third-order valence-electron chi connectivity index (χ3n) is 13.7. The van der Waals surface area contributed by atoms with E-state index in [0.29, 0.717) is 44.0 Å². The van der Waals surface area contributed by atoms with Crippen LogP contribution in [0, 0.1) is 0 Å². The Balaban J connectivity index is 0.884. The number of imidazole rings is 1. The highest BCUT2D eigenvalue weighted by Gasteiger charge is 2.42. The minimum absolute atomic E-state index is 0.0893. The van der Waals surface area contributed by atoms with Gasteiger partial charge in [-0.25, -0.2) is 4.79 Å². The standard InChI is InChI=1S/C51H56ClN8O13PS/c1-28(61)58-22-21-34-14-16-37(59(34)49(67)35(26-58)55-48(66)42-25-32-24-31(12-18-41(32)75-42)50(68)74(70,71)72)46(64)54-33(13-19-43(53)62)27-73-40-10-6-9-30(45(40)52)8-5-3-4-7-29-11-15-36-39(23-29)57(2)51(69)60(36)38-17-20-44(63)56-47(38)65/h6,9-12,14-15,18,23-25,33,35,37-38H,3-5,7-8,13,16-17,19-22,26-27H2,1-2H3,(H2,53,62)(H,54,64)(H,55,66)(H,56,63,65)(H2,70,71,72)/t33-,35-,37-,38?/m0/s1. The number of nitrogens with one attached hydrogen (secondary N) is 3. The number of hydrogen-bond donors (Lipinski definition) is 6. The van der Waals surface area contributed by atoms with Gasteiger partial charge in [0.05, 0.1) is 27.0 Å². The number of halogens is 1. The van der Waals surface area contributed by atoms with Crippen LogP contribution in [-0.4, -0.2) is 113 Å². The predicted molar refractivity (Wildman–Crippen MR) is 277 cm³/mol. The topological polar surface area (TPSA) is 299 Å². The Hall–Kier alpha value is -6.97. The molecule has 5 heterocycles. The molecule has 0 saturated carbocycles. The number of unbranched alkanes of at least 4 members (excludes halogenated alkanes) is 2. The van der Waals surface area contributed by atoms with Gasteiger partial charge < -0.3 is 40.7 Å². The maximum atomic E-state index is 14.5. The van der Waals surface area contributed by atoms with Crippen molar-refractivity contribution in [3.05, 3.63) is 110 Å². The summed E-state index contributed by atoms with van der Waals surface area (Å²) in [7, 11) is -3.40. The fourth-order valence-corrected chi connectivity index (χ4v) is 11.5. The van der Waals surface area contributed by atoms with Crippen molar-refractivity contribution < 1.29 is 57.4 Å². The summed E-state index contributed by atoms with van der Waals surface area (Å²) in [6.07, 6.45) is 6.43. The average Bonchev–Trinajstić information content (AvgIpc) is 4.08. The number of piperidine rings is 1. The van der Waals surface area contributed by atoms with Gasteiger partial charge in [0.2, 0.25) is 29.5 Å². The summed E-state index contributed by atoms with van der Waals surface area (Å²) in [5, 5.41) is 8.75. The van der Waals surface area contributed by atoms with E-state index in [4.69, 9.17) is 22.1 Å². The van der Waals surface area contributed by atoms with Crippen LogP contribution in [0.2, 0.25) is 5.02 Å². The predicted octanol–water partition coefficient (Wildman–Crippen LogP) is 4.12. The van der Waals surface area contributed by atoms with E-state index in [2.05, 4.69) is 16.0 Å². The molecule has 396 valence electrons. The summed E-state index contributed by atoms with van der Waals surface area (Å²) < 4.78 is 21.3. The van der Waals surface area contributed by atoms with Gasteiger partial charge in [-0.05, 0) is 104 Å². The maximum absolute atomic E-state index is 14.5. The lowest BCUT2D eigenvalue weighted by molar-refractivity contribution is -0.141. The van der Waals surface area contributed by atoms with Crippen molar-refractivity contribution in [3.8, 4) is 5.75 Å². The summed E-state index contributed by atoms with van der Waals surface area (Å²) in [6, 6.07) is 12.7. The molecule has 0 aliphatic carbocycles. The monoisotopic (exact) mass is 1090 g/mol. The molecule has 0 radical (unpaired) electrons. The highest BCUT2D eigenvalue weighted by atomic mass is 35.5. The summed E-state index contributed by atoms with van der Waals surface area (Å²) >= 11 is 7.90. The molecule has 5 aromatic rings. The molecule has 0 spiro atoms. The zero-order valence-corrected chi connectivity index (χ0v) is 43.5. The number of carbonyl (C=O) groups excluding carboxylic acids is 8. The highest BCUT2D eigenvalue weighted by molar-refractivity contribution is 7.70. The first-order chi connectivity index (χ1) is 35.7. The smallest absolute Gasteiger partial charge is 0.396 e. The Kier molecular flexibility index (Phi) is 16.6. The lowest BCUT2D eigenvalue weighted by Crippen LogP contribution is -2.59. The summed E-state index contributed by atoms with van der Waals surface area (Å²) in [6.45, 7) is 1.22. The molecule has 1 unspecified atom stereocenters. The molecule has 21 nitrogen and oxygen atoms in total. The largest absolute Gasteiger partial charge is 0.490 e. The number of amides is 7. The number of benzene rings is 3. The van der Waals surface area contributed by atoms with Gasteiger partial charge in [-0.2, -0.15) is 0 Å².